The molecule has 4 atom stereocenters. The van der Waals surface area contributed by atoms with E-state index in [0.29, 0.717) is 36.0 Å². The van der Waals surface area contributed by atoms with Gasteiger partial charge in [0, 0.05) is 42.2 Å². The average molecular weight is 483 g/mol. The summed E-state index contributed by atoms with van der Waals surface area (Å²) in [6, 6.07) is 15.7. The highest BCUT2D eigenvalue weighted by atomic mass is 16.5. The number of nitrogens with zero attached hydrogens (tertiary/aromatic N) is 4. The zero-order valence-electron chi connectivity index (χ0n) is 21.4. The molecule has 6 rings (SSSR count). The maximum absolute atomic E-state index is 7.23. The summed E-state index contributed by atoms with van der Waals surface area (Å²) in [5.74, 6) is 0.920. The molecule has 0 aliphatic carbocycles. The molecule has 186 valence electrons. The van der Waals surface area contributed by atoms with Crippen molar-refractivity contribution >= 4 is 22.3 Å². The average Bonchev–Trinajstić information content (AvgIpc) is 3.15. The lowest BCUT2D eigenvalue weighted by Crippen LogP contribution is -2.56. The number of morpholine rings is 1. The summed E-state index contributed by atoms with van der Waals surface area (Å²) in [4.78, 5) is 13.8. The van der Waals surface area contributed by atoms with Crippen molar-refractivity contribution in [1.29, 1.82) is 0 Å². The molecule has 6 heteroatoms. The predicted molar refractivity (Wildman–Crippen MR) is 144 cm³/mol. The van der Waals surface area contributed by atoms with E-state index in [0.717, 1.165) is 46.6 Å². The van der Waals surface area contributed by atoms with Crippen LogP contribution in [0.3, 0.4) is 0 Å². The van der Waals surface area contributed by atoms with Gasteiger partial charge in [0.15, 0.2) is 11.4 Å². The highest BCUT2D eigenvalue weighted by molar-refractivity contribution is 6.00. The molecule has 3 aliphatic rings. The number of fused-ring (bicyclic) bond motifs is 3. The lowest BCUT2D eigenvalue weighted by atomic mass is 9.93. The molecule has 0 spiro atoms. The normalized spacial score (nSPS) is 28.3. The van der Waals surface area contributed by atoms with Gasteiger partial charge in [-0.15, -0.1) is 0 Å². The summed E-state index contributed by atoms with van der Waals surface area (Å²) in [5, 5.41) is 1.04. The number of pyridine rings is 1. The summed E-state index contributed by atoms with van der Waals surface area (Å²) in [7, 11) is 1.78. The second-order valence-corrected chi connectivity index (χ2v) is 10.7. The van der Waals surface area contributed by atoms with Gasteiger partial charge in [-0.3, -0.25) is 9.88 Å². The first kappa shape index (κ1) is 23.3. The van der Waals surface area contributed by atoms with Crippen LogP contribution in [-0.4, -0.2) is 60.4 Å². The quantitative estimate of drug-likeness (QED) is 0.422. The molecule has 0 radical (unpaired) electrons. The van der Waals surface area contributed by atoms with Crippen molar-refractivity contribution < 1.29 is 9.47 Å². The molecule has 6 nitrogen and oxygen atoms in total. The van der Waals surface area contributed by atoms with Crippen LogP contribution in [-0.2, 0) is 4.74 Å². The van der Waals surface area contributed by atoms with E-state index in [9.17, 15) is 0 Å². The Balaban J connectivity index is 1.33. The number of hydrogen-bond acceptors (Lipinski definition) is 5. The number of methoxy groups -OCH3 is 1. The summed E-state index contributed by atoms with van der Waals surface area (Å²) in [6.07, 6.45) is 7.47. The van der Waals surface area contributed by atoms with Crippen LogP contribution >= 0.6 is 0 Å². The Hall–Kier alpha value is -3.14. The third-order valence-corrected chi connectivity index (χ3v) is 8.29. The van der Waals surface area contributed by atoms with Crippen LogP contribution in [0.1, 0.15) is 39.5 Å². The van der Waals surface area contributed by atoms with Gasteiger partial charge in [-0.2, -0.15) is 0 Å². The van der Waals surface area contributed by atoms with E-state index >= 15 is 0 Å². The van der Waals surface area contributed by atoms with E-state index < -0.39 is 0 Å². The SMILES string of the molecule is [C-]#[N+]c1ccc(-c2cccc3c(OC)c(N4C5CCC4CC(N4C[C@@H](C)O[C@@H](C)C4)C5)cnc23)cc1. The van der Waals surface area contributed by atoms with Crippen molar-refractivity contribution in [2.24, 2.45) is 0 Å². The first-order valence-corrected chi connectivity index (χ1v) is 13.2. The highest BCUT2D eigenvalue weighted by Gasteiger charge is 2.44. The number of hydrogen-bond donors (Lipinski definition) is 0. The van der Waals surface area contributed by atoms with Gasteiger partial charge in [-0.1, -0.05) is 36.4 Å². The smallest absolute Gasteiger partial charge is 0.187 e. The van der Waals surface area contributed by atoms with Crippen LogP contribution in [0.2, 0.25) is 0 Å². The molecule has 1 aromatic heterocycles. The van der Waals surface area contributed by atoms with E-state index in [1.807, 2.05) is 30.5 Å². The second-order valence-electron chi connectivity index (χ2n) is 10.7. The molecular formula is C30H34N4O2. The second kappa shape index (κ2) is 9.38. The fraction of sp³-hybridized carbons (Fsp3) is 0.467. The van der Waals surface area contributed by atoms with Crippen molar-refractivity contribution in [3.8, 4) is 16.9 Å². The van der Waals surface area contributed by atoms with Crippen LogP contribution in [0.15, 0.2) is 48.7 Å². The molecule has 2 unspecified atom stereocenters. The van der Waals surface area contributed by atoms with Crippen LogP contribution in [0, 0.1) is 6.57 Å². The van der Waals surface area contributed by atoms with Crippen molar-refractivity contribution in [2.75, 3.05) is 25.1 Å². The van der Waals surface area contributed by atoms with Gasteiger partial charge in [0.1, 0.15) is 0 Å². The number of piperidine rings is 1. The van der Waals surface area contributed by atoms with Gasteiger partial charge in [-0.05, 0) is 51.2 Å². The van der Waals surface area contributed by atoms with Crippen LogP contribution in [0.4, 0.5) is 11.4 Å². The number of benzene rings is 2. The van der Waals surface area contributed by atoms with E-state index in [1.165, 1.54) is 25.7 Å². The molecule has 0 amide bonds. The number of aromatic nitrogens is 1. The molecule has 3 aliphatic heterocycles. The van der Waals surface area contributed by atoms with Gasteiger partial charge in [0.2, 0.25) is 0 Å². The lowest BCUT2D eigenvalue weighted by Gasteiger charge is -2.47. The Bertz CT molecular complexity index is 1280. The topological polar surface area (TPSA) is 42.2 Å². The predicted octanol–water partition coefficient (Wildman–Crippen LogP) is 6.07. The van der Waals surface area contributed by atoms with Gasteiger partial charge in [0.25, 0.3) is 0 Å². The van der Waals surface area contributed by atoms with E-state index in [2.05, 4.69) is 46.7 Å². The Morgan fingerprint density at radius 2 is 1.67 bits per heavy atom. The monoisotopic (exact) mass is 482 g/mol. The third-order valence-electron chi connectivity index (χ3n) is 8.29. The zero-order valence-corrected chi connectivity index (χ0v) is 21.4. The molecule has 3 saturated heterocycles. The molecule has 3 aromatic rings. The van der Waals surface area contributed by atoms with Crippen molar-refractivity contribution in [1.82, 2.24) is 9.88 Å². The molecule has 4 heterocycles. The number of para-hydroxylation sites is 1. The van der Waals surface area contributed by atoms with Crippen LogP contribution in [0.25, 0.3) is 26.9 Å². The van der Waals surface area contributed by atoms with Crippen LogP contribution in [0.5, 0.6) is 5.75 Å². The van der Waals surface area contributed by atoms with Crippen molar-refractivity contribution in [3.05, 3.63) is 60.1 Å². The third kappa shape index (κ3) is 4.01. The number of rotatable bonds is 4. The molecule has 36 heavy (non-hydrogen) atoms. The Morgan fingerprint density at radius 1 is 0.972 bits per heavy atom. The van der Waals surface area contributed by atoms with Gasteiger partial charge in [0.05, 0.1) is 43.3 Å². The fourth-order valence-electron chi connectivity index (χ4n) is 6.89. The largest absolute Gasteiger partial charge is 0.494 e. The first-order chi connectivity index (χ1) is 17.6. The molecular weight excluding hydrogens is 448 g/mol. The maximum atomic E-state index is 7.23. The maximum Gasteiger partial charge on any atom is 0.187 e. The molecule has 2 bridgehead atoms. The van der Waals surface area contributed by atoms with E-state index in [4.69, 9.17) is 21.0 Å². The number of anilines is 1. The van der Waals surface area contributed by atoms with E-state index in [1.54, 1.807) is 7.11 Å². The van der Waals surface area contributed by atoms with Gasteiger partial charge in [-0.25, -0.2) is 4.85 Å². The Labute approximate surface area is 213 Å². The van der Waals surface area contributed by atoms with Gasteiger partial charge >= 0.3 is 0 Å². The van der Waals surface area contributed by atoms with Crippen molar-refractivity contribution in [2.45, 2.75) is 69.9 Å². The van der Waals surface area contributed by atoms with Crippen LogP contribution < -0.4 is 9.64 Å². The van der Waals surface area contributed by atoms with Crippen molar-refractivity contribution in [3.63, 3.8) is 0 Å². The number of ether oxygens (including phenoxy) is 2. The molecule has 3 fully saturated rings. The molecule has 0 saturated carbocycles. The summed E-state index contributed by atoms with van der Waals surface area (Å²) in [6.45, 7) is 13.7. The zero-order chi connectivity index (χ0) is 24.8. The first-order valence-electron chi connectivity index (χ1n) is 13.2. The van der Waals surface area contributed by atoms with E-state index in [-0.39, 0.29) is 0 Å². The minimum absolute atomic E-state index is 0.306. The standard InChI is InChI=1S/C30H34N4O2/c1-19-17-33(18-20(2)36-19)25-14-23-12-13-24(15-25)34(23)28-16-32-29-26(6-5-7-27(29)30(28)35-4)21-8-10-22(31-3)11-9-21/h5-11,16,19-20,23-25H,12-15,17-18H2,1-2,4H3/t19-,20+,23?,24?,25?. The summed E-state index contributed by atoms with van der Waals surface area (Å²) >= 11 is 0. The Morgan fingerprint density at radius 3 is 2.31 bits per heavy atom. The summed E-state index contributed by atoms with van der Waals surface area (Å²) < 4.78 is 12.1. The Kier molecular flexibility index (Phi) is 6.07. The van der Waals surface area contributed by atoms with Gasteiger partial charge < -0.3 is 14.4 Å². The lowest BCUT2D eigenvalue weighted by molar-refractivity contribution is -0.0842. The fourth-order valence-corrected chi connectivity index (χ4v) is 6.89. The highest BCUT2D eigenvalue weighted by Crippen LogP contribution is 2.46. The minimum atomic E-state index is 0.306. The minimum Gasteiger partial charge on any atom is -0.494 e. The summed E-state index contributed by atoms with van der Waals surface area (Å²) in [5.41, 5.74) is 4.83. The molecule has 2 aromatic carbocycles. The molecule has 0 N–H and O–H groups in total.